The van der Waals surface area contributed by atoms with Crippen LogP contribution in [0.2, 0.25) is 0 Å². The summed E-state index contributed by atoms with van der Waals surface area (Å²) in [5.41, 5.74) is 0. The smallest absolute Gasteiger partial charge is 0.0133 e. The molecule has 2 aliphatic heterocycles. The van der Waals surface area contributed by atoms with Crippen LogP contribution in [0.1, 0.15) is 25.7 Å². The molecule has 2 rings (SSSR count). The van der Waals surface area contributed by atoms with Gasteiger partial charge in [0, 0.05) is 6.04 Å². The van der Waals surface area contributed by atoms with E-state index in [4.69, 9.17) is 0 Å². The normalized spacial score (nSPS) is 38.8. The van der Waals surface area contributed by atoms with E-state index < -0.39 is 0 Å². The molecule has 0 aromatic carbocycles. The fourth-order valence-electron chi connectivity index (χ4n) is 2.78. The fraction of sp³-hybridized carbons (Fsp3) is 1.00. The summed E-state index contributed by atoms with van der Waals surface area (Å²) in [6.07, 6.45) is 5.64. The highest BCUT2D eigenvalue weighted by atomic mass is 15.1. The van der Waals surface area contributed by atoms with Crippen LogP contribution in [-0.4, -0.2) is 37.6 Å². The van der Waals surface area contributed by atoms with E-state index in [1.807, 2.05) is 0 Å². The Balaban J connectivity index is 2.00. The van der Waals surface area contributed by atoms with Gasteiger partial charge in [-0.3, -0.25) is 0 Å². The van der Waals surface area contributed by atoms with Gasteiger partial charge in [0.25, 0.3) is 0 Å². The largest absolute Gasteiger partial charge is 0.317 e. The van der Waals surface area contributed by atoms with Crippen molar-refractivity contribution in [2.75, 3.05) is 26.7 Å². The van der Waals surface area contributed by atoms with Gasteiger partial charge in [-0.15, -0.1) is 0 Å². The number of hydrogen-bond acceptors (Lipinski definition) is 2. The zero-order chi connectivity index (χ0) is 8.39. The van der Waals surface area contributed by atoms with Crippen LogP contribution in [0, 0.1) is 5.92 Å². The third-order valence-corrected chi connectivity index (χ3v) is 3.50. The van der Waals surface area contributed by atoms with E-state index in [9.17, 15) is 0 Å². The predicted molar refractivity (Wildman–Crippen MR) is 51.2 cm³/mol. The van der Waals surface area contributed by atoms with Gasteiger partial charge in [-0.25, -0.2) is 0 Å². The van der Waals surface area contributed by atoms with Crippen molar-refractivity contribution in [3.05, 3.63) is 0 Å². The molecular formula is C10H20N2. The molecule has 0 aromatic heterocycles. The molecule has 1 N–H and O–H groups in total. The molecule has 70 valence electrons. The predicted octanol–water partition coefficient (Wildman–Crippen LogP) is 1.08. The Hall–Kier alpha value is -0.0800. The van der Waals surface area contributed by atoms with Gasteiger partial charge in [0.2, 0.25) is 0 Å². The van der Waals surface area contributed by atoms with Crippen molar-refractivity contribution in [3.8, 4) is 0 Å². The molecule has 12 heavy (non-hydrogen) atoms. The van der Waals surface area contributed by atoms with Crippen molar-refractivity contribution in [1.29, 1.82) is 0 Å². The standard InChI is InChI=1S/C10H20N2/c1-12-8-2-3-9-4-6-11-7-5-10(9)12/h9-11H,2-8H2,1H3/t9-,10-/m1/s1. The fourth-order valence-corrected chi connectivity index (χ4v) is 2.78. The molecule has 2 heterocycles. The zero-order valence-electron chi connectivity index (χ0n) is 8.05. The van der Waals surface area contributed by atoms with Crippen LogP contribution >= 0.6 is 0 Å². The first-order valence-electron chi connectivity index (χ1n) is 5.29. The Morgan fingerprint density at radius 2 is 2.00 bits per heavy atom. The van der Waals surface area contributed by atoms with Crippen molar-refractivity contribution < 1.29 is 0 Å². The maximum absolute atomic E-state index is 3.50. The third-order valence-electron chi connectivity index (χ3n) is 3.50. The van der Waals surface area contributed by atoms with Crippen LogP contribution in [0.3, 0.4) is 0 Å². The van der Waals surface area contributed by atoms with Crippen LogP contribution < -0.4 is 5.32 Å². The quantitative estimate of drug-likeness (QED) is 0.582. The van der Waals surface area contributed by atoms with Crippen molar-refractivity contribution in [2.24, 2.45) is 5.92 Å². The number of rotatable bonds is 0. The summed E-state index contributed by atoms with van der Waals surface area (Å²) in [5, 5.41) is 3.50. The third kappa shape index (κ3) is 1.64. The molecule has 2 aliphatic rings. The molecule has 2 saturated heterocycles. The Bertz CT molecular complexity index is 147. The van der Waals surface area contributed by atoms with E-state index in [2.05, 4.69) is 17.3 Å². The summed E-state index contributed by atoms with van der Waals surface area (Å²) in [5.74, 6) is 0.985. The summed E-state index contributed by atoms with van der Waals surface area (Å²) >= 11 is 0. The SMILES string of the molecule is CN1CCC[C@@H]2CCNCC[C@H]21. The molecule has 0 amide bonds. The minimum Gasteiger partial charge on any atom is -0.317 e. The average Bonchev–Trinajstić information content (AvgIpc) is 2.30. The van der Waals surface area contributed by atoms with E-state index in [0.29, 0.717) is 0 Å². The van der Waals surface area contributed by atoms with Crippen LogP contribution in [0.15, 0.2) is 0 Å². The second kappa shape index (κ2) is 3.75. The van der Waals surface area contributed by atoms with Gasteiger partial charge < -0.3 is 10.2 Å². The second-order valence-corrected chi connectivity index (χ2v) is 4.28. The Labute approximate surface area is 75.3 Å². The average molecular weight is 168 g/mol. The second-order valence-electron chi connectivity index (χ2n) is 4.28. The Morgan fingerprint density at radius 3 is 2.92 bits per heavy atom. The minimum atomic E-state index is 0.883. The highest BCUT2D eigenvalue weighted by Gasteiger charge is 2.29. The van der Waals surface area contributed by atoms with E-state index >= 15 is 0 Å². The van der Waals surface area contributed by atoms with Crippen LogP contribution in [0.4, 0.5) is 0 Å². The van der Waals surface area contributed by atoms with Gasteiger partial charge in [-0.05, 0) is 58.3 Å². The molecule has 0 unspecified atom stereocenters. The Kier molecular flexibility index (Phi) is 2.66. The van der Waals surface area contributed by atoms with Gasteiger partial charge in [0.1, 0.15) is 0 Å². The lowest BCUT2D eigenvalue weighted by Crippen LogP contribution is -2.42. The minimum absolute atomic E-state index is 0.883. The number of likely N-dealkylation sites (tertiary alicyclic amines) is 1. The number of nitrogens with zero attached hydrogens (tertiary/aromatic N) is 1. The molecule has 0 saturated carbocycles. The monoisotopic (exact) mass is 168 g/mol. The molecule has 0 spiro atoms. The number of hydrogen-bond donors (Lipinski definition) is 1. The highest BCUT2D eigenvalue weighted by molar-refractivity contribution is 4.85. The Morgan fingerprint density at radius 1 is 1.17 bits per heavy atom. The summed E-state index contributed by atoms with van der Waals surface area (Å²) in [7, 11) is 2.29. The lowest BCUT2D eigenvalue weighted by atomic mass is 9.86. The van der Waals surface area contributed by atoms with Gasteiger partial charge in [0.15, 0.2) is 0 Å². The van der Waals surface area contributed by atoms with E-state index in [0.717, 1.165) is 12.0 Å². The number of nitrogens with one attached hydrogen (secondary N) is 1. The van der Waals surface area contributed by atoms with E-state index in [-0.39, 0.29) is 0 Å². The molecule has 2 nitrogen and oxygen atoms in total. The topological polar surface area (TPSA) is 15.3 Å². The molecule has 2 atom stereocenters. The molecule has 2 heteroatoms. The van der Waals surface area contributed by atoms with E-state index in [1.54, 1.807) is 0 Å². The van der Waals surface area contributed by atoms with Gasteiger partial charge in [-0.2, -0.15) is 0 Å². The number of piperidine rings is 1. The van der Waals surface area contributed by atoms with Crippen molar-refractivity contribution in [1.82, 2.24) is 10.2 Å². The first kappa shape index (κ1) is 8.52. The zero-order valence-corrected chi connectivity index (χ0v) is 8.05. The van der Waals surface area contributed by atoms with Gasteiger partial charge >= 0.3 is 0 Å². The molecule has 2 fully saturated rings. The van der Waals surface area contributed by atoms with Crippen LogP contribution in [0.5, 0.6) is 0 Å². The highest BCUT2D eigenvalue weighted by Crippen LogP contribution is 2.28. The first-order valence-corrected chi connectivity index (χ1v) is 5.29. The summed E-state index contributed by atoms with van der Waals surface area (Å²) in [6.45, 7) is 3.79. The molecule has 0 aromatic rings. The van der Waals surface area contributed by atoms with E-state index in [1.165, 1.54) is 45.3 Å². The summed E-state index contributed by atoms with van der Waals surface area (Å²) in [4.78, 5) is 2.57. The van der Waals surface area contributed by atoms with Gasteiger partial charge in [-0.1, -0.05) is 0 Å². The van der Waals surface area contributed by atoms with Crippen molar-refractivity contribution in [2.45, 2.75) is 31.7 Å². The summed E-state index contributed by atoms with van der Waals surface area (Å²) in [6, 6.07) is 0.883. The molecule has 0 bridgehead atoms. The van der Waals surface area contributed by atoms with Gasteiger partial charge in [0.05, 0.1) is 0 Å². The van der Waals surface area contributed by atoms with Crippen LogP contribution in [0.25, 0.3) is 0 Å². The van der Waals surface area contributed by atoms with Crippen LogP contribution in [-0.2, 0) is 0 Å². The van der Waals surface area contributed by atoms with Crippen molar-refractivity contribution >= 4 is 0 Å². The first-order chi connectivity index (χ1) is 5.88. The molecule has 0 aliphatic carbocycles. The maximum atomic E-state index is 3.50. The molecule has 0 radical (unpaired) electrons. The summed E-state index contributed by atoms with van der Waals surface area (Å²) < 4.78 is 0. The number of fused-ring (bicyclic) bond motifs is 1. The van der Waals surface area contributed by atoms with Crippen molar-refractivity contribution in [3.63, 3.8) is 0 Å². The maximum Gasteiger partial charge on any atom is 0.0133 e. The lowest BCUT2D eigenvalue weighted by Gasteiger charge is -2.38. The molecular weight excluding hydrogens is 148 g/mol. The lowest BCUT2D eigenvalue weighted by molar-refractivity contribution is 0.117.